The zero-order valence-corrected chi connectivity index (χ0v) is 8.31. The Labute approximate surface area is 66.2 Å². The monoisotopic (exact) mass is 393 g/mol. The van der Waals surface area contributed by atoms with E-state index in [9.17, 15) is 0 Å². The van der Waals surface area contributed by atoms with Gasteiger partial charge >= 0.3 is 0 Å². The summed E-state index contributed by atoms with van der Waals surface area (Å²) in [6.07, 6.45) is 0. The lowest BCUT2D eigenvalue weighted by Gasteiger charge is -1.83. The Morgan fingerprint density at radius 2 is 1.00 bits per heavy atom. The van der Waals surface area contributed by atoms with Crippen LogP contribution in [0.1, 0.15) is 0 Å². The molecule has 26 valence electrons. The lowest BCUT2D eigenvalue weighted by atomic mass is 10.8. The van der Waals surface area contributed by atoms with Gasteiger partial charge in [0.2, 0.25) is 0 Å². The molecule has 0 saturated heterocycles. The van der Waals surface area contributed by atoms with Gasteiger partial charge < -0.3 is 67.1 Å². The molecule has 4 heteroatoms. The Morgan fingerprint density at radius 1 is 1.00 bits per heavy atom. The normalized spacial score (nSPS) is 9.00. The number of halogens is 3. The number of hydrogen-bond acceptors (Lipinski definition) is 0. The third-order valence-electron chi connectivity index (χ3n) is 0. The topological polar surface area (TPSA) is 0 Å². The van der Waals surface area contributed by atoms with E-state index in [1.807, 2.05) is 0 Å². The maximum absolute atomic E-state index is 2.40. The molecule has 0 radical (unpaired) electrons. The standard InChI is InChI=1S/BHI3/c2-1(3)4/h1H/q-1. The second-order valence-electron chi connectivity index (χ2n) is 0.303. The quantitative estimate of drug-likeness (QED) is 0.437. The van der Waals surface area contributed by atoms with Crippen molar-refractivity contribution in [3.63, 3.8) is 0 Å². The molecule has 0 saturated carbocycles. The first-order valence-electron chi connectivity index (χ1n) is 0.802. The molecule has 0 N–H and O–H groups in total. The van der Waals surface area contributed by atoms with Crippen molar-refractivity contribution in [3.8, 4) is 0 Å². The van der Waals surface area contributed by atoms with E-state index in [1.54, 1.807) is 0 Å². The average Bonchev–Trinajstić information content (AvgIpc) is 0.811. The van der Waals surface area contributed by atoms with Gasteiger partial charge in [-0.15, -0.1) is 0 Å². The van der Waals surface area contributed by atoms with E-state index < -0.39 is 0 Å². The Balaban J connectivity index is 2.32. The van der Waals surface area contributed by atoms with Crippen LogP contribution in [0.15, 0.2) is 0 Å². The van der Waals surface area contributed by atoms with Gasteiger partial charge in [0, 0.05) is 0 Å². The Kier molecular flexibility index (Phi) is 5.39. The van der Waals surface area contributed by atoms with E-state index in [-0.39, 0.29) is 0.282 Å². The van der Waals surface area contributed by atoms with E-state index in [0.29, 0.717) is 0 Å². The van der Waals surface area contributed by atoms with Crippen LogP contribution < -0.4 is 0 Å². The van der Waals surface area contributed by atoms with Crippen LogP contribution in [0, 0.1) is 0 Å². The van der Waals surface area contributed by atoms with Crippen LogP contribution in [-0.2, 0) is 0 Å². The molecule has 0 rings (SSSR count). The Hall–Kier alpha value is 2.25. The summed E-state index contributed by atoms with van der Waals surface area (Å²) in [4.78, 5) is 0. The Morgan fingerprint density at radius 3 is 1.00 bits per heavy atom. The first kappa shape index (κ1) is 6.25. The van der Waals surface area contributed by atoms with Gasteiger partial charge in [0.1, 0.15) is 0 Å². The van der Waals surface area contributed by atoms with Crippen LogP contribution in [0.4, 0.5) is 0 Å². The summed E-state index contributed by atoms with van der Waals surface area (Å²) in [7, 11) is 0. The van der Waals surface area contributed by atoms with Crippen LogP contribution in [-0.4, -0.2) is 0.282 Å². The molecule has 4 heavy (non-hydrogen) atoms. The second kappa shape index (κ2) is 3.45. The summed E-state index contributed by atoms with van der Waals surface area (Å²) in [6, 6.07) is 0. The summed E-state index contributed by atoms with van der Waals surface area (Å²) in [5.74, 6) is 0. The first-order chi connectivity index (χ1) is 1.73. The summed E-state index contributed by atoms with van der Waals surface area (Å²) in [5.41, 5.74) is 0. The highest BCUT2D eigenvalue weighted by Gasteiger charge is 1.67. The molecule has 0 aliphatic carbocycles. The highest BCUT2D eigenvalue weighted by molar-refractivity contribution is 14.4. The van der Waals surface area contributed by atoms with Crippen LogP contribution in [0.25, 0.3) is 0 Å². The zero-order valence-electron chi connectivity index (χ0n) is 1.84. The average molecular weight is 393 g/mol. The van der Waals surface area contributed by atoms with Gasteiger partial charge in [0.05, 0.1) is 0 Å². The second-order valence-corrected chi connectivity index (χ2v) is 13.6. The van der Waals surface area contributed by atoms with E-state index >= 15 is 0 Å². The molecule has 0 aromatic rings. The molecule has 0 nitrogen and oxygen atoms in total. The van der Waals surface area contributed by atoms with Crippen LogP contribution in [0.2, 0.25) is 0 Å². The summed E-state index contributed by atoms with van der Waals surface area (Å²) < 4.78 is 0.160. The van der Waals surface area contributed by atoms with Crippen molar-refractivity contribution in [3.05, 3.63) is 0 Å². The molecule has 0 aromatic heterocycles. The molecule has 0 heterocycles. The van der Waals surface area contributed by atoms with Gasteiger partial charge in [0.15, 0.2) is 0.282 Å². The van der Waals surface area contributed by atoms with Gasteiger partial charge in [-0.25, -0.2) is 0 Å². The molecule has 0 spiro atoms. The minimum Gasteiger partial charge on any atom is -0.326 e. The third kappa shape index (κ3) is 8.87. The van der Waals surface area contributed by atoms with E-state index in [4.69, 9.17) is 0 Å². The smallest absolute Gasteiger partial charge is 0.167 e. The molecule has 0 aliphatic rings. The molecular weight excluding hydrogens is 392 g/mol. The SMILES string of the molecule is I[BH-](I)I. The molecule has 0 fully saturated rings. The lowest BCUT2D eigenvalue weighted by Crippen LogP contribution is -1.59. The van der Waals surface area contributed by atoms with Crippen molar-refractivity contribution in [1.82, 2.24) is 0 Å². The minimum atomic E-state index is 0.160. The molecule has 0 aromatic carbocycles. The van der Waals surface area contributed by atoms with Crippen molar-refractivity contribution in [1.29, 1.82) is 0 Å². The van der Waals surface area contributed by atoms with Gasteiger partial charge in [0.25, 0.3) is 0 Å². The summed E-state index contributed by atoms with van der Waals surface area (Å²) >= 11 is 7.20. The number of rotatable bonds is 0. The predicted octanol–water partition coefficient (Wildman–Crippen LogP) is 2.01. The van der Waals surface area contributed by atoms with Crippen molar-refractivity contribution >= 4 is 67.4 Å². The van der Waals surface area contributed by atoms with Crippen molar-refractivity contribution in [2.45, 2.75) is 0 Å². The van der Waals surface area contributed by atoms with E-state index in [0.717, 1.165) is 0 Å². The fourth-order valence-electron chi connectivity index (χ4n) is 0. The molecule has 0 atom stereocenters. The summed E-state index contributed by atoms with van der Waals surface area (Å²) in [5, 5.41) is 0. The largest absolute Gasteiger partial charge is 0.326 e. The molecular formula is HBI3-. The first-order valence-corrected chi connectivity index (χ1v) is 5.38. The molecule has 0 amide bonds. The maximum Gasteiger partial charge on any atom is 0.167 e. The van der Waals surface area contributed by atoms with Crippen molar-refractivity contribution in [2.24, 2.45) is 0 Å². The van der Waals surface area contributed by atoms with Gasteiger partial charge in [-0.2, -0.15) is 0 Å². The lowest BCUT2D eigenvalue weighted by molar-refractivity contribution is 5.41. The van der Waals surface area contributed by atoms with E-state index in [2.05, 4.69) is 67.1 Å². The number of hydrogen-bond donors (Lipinski definition) is 0. The van der Waals surface area contributed by atoms with Crippen LogP contribution in [0.5, 0.6) is 0 Å². The fourth-order valence-corrected chi connectivity index (χ4v) is 0. The minimum absolute atomic E-state index is 0.160. The van der Waals surface area contributed by atoms with Crippen LogP contribution >= 0.6 is 67.1 Å². The van der Waals surface area contributed by atoms with Crippen molar-refractivity contribution in [2.75, 3.05) is 0 Å². The predicted molar refractivity (Wildman–Crippen MR) is 49.2 cm³/mol. The molecule has 0 aliphatic heterocycles. The highest BCUT2D eigenvalue weighted by Crippen LogP contribution is 2.10. The fraction of sp³-hybridized carbons (Fsp3) is 0. The van der Waals surface area contributed by atoms with Gasteiger partial charge in [-0.05, 0) is 0 Å². The van der Waals surface area contributed by atoms with Crippen LogP contribution in [0.3, 0.4) is 0 Å². The molecule has 0 unspecified atom stereocenters. The van der Waals surface area contributed by atoms with E-state index in [1.165, 1.54) is 0 Å². The molecule has 0 bridgehead atoms. The zero-order chi connectivity index (χ0) is 3.58. The van der Waals surface area contributed by atoms with Gasteiger partial charge in [-0.3, -0.25) is 0 Å². The third-order valence-corrected chi connectivity index (χ3v) is 0. The highest BCUT2D eigenvalue weighted by atomic mass is 127. The maximum atomic E-state index is 2.40. The van der Waals surface area contributed by atoms with Gasteiger partial charge in [-0.1, -0.05) is 0 Å². The Bertz CT molecular complexity index is 8.00. The summed E-state index contributed by atoms with van der Waals surface area (Å²) in [6.45, 7) is 0. The van der Waals surface area contributed by atoms with Crippen molar-refractivity contribution < 1.29 is 0 Å².